The molecule has 1 saturated carbocycles. The predicted molar refractivity (Wildman–Crippen MR) is 63.6 cm³/mol. The standard InChI is InChI=1S/C11H23NO2S/c1-10(2)9(11(10,3)4)8-12-6-7-15(5,13)14/h9,12H,6-8H2,1-5H3. The lowest BCUT2D eigenvalue weighted by Crippen LogP contribution is -2.25. The third-order valence-corrected chi connectivity index (χ3v) is 5.26. The Hall–Kier alpha value is -0.0900. The van der Waals surface area contributed by atoms with Crippen molar-refractivity contribution in [3.05, 3.63) is 0 Å². The van der Waals surface area contributed by atoms with Crippen LogP contribution in [0.2, 0.25) is 0 Å². The molecule has 3 nitrogen and oxygen atoms in total. The molecule has 0 heterocycles. The van der Waals surface area contributed by atoms with Gasteiger partial charge in [0.1, 0.15) is 9.84 Å². The summed E-state index contributed by atoms with van der Waals surface area (Å²) in [5, 5.41) is 3.24. The Morgan fingerprint density at radius 3 is 1.93 bits per heavy atom. The molecule has 0 spiro atoms. The molecule has 0 aromatic heterocycles. The van der Waals surface area contributed by atoms with E-state index in [9.17, 15) is 8.42 Å². The molecule has 0 unspecified atom stereocenters. The third kappa shape index (κ3) is 2.72. The zero-order chi connectivity index (χ0) is 11.9. The summed E-state index contributed by atoms with van der Waals surface area (Å²) >= 11 is 0. The number of hydrogen-bond donors (Lipinski definition) is 1. The van der Waals surface area contributed by atoms with Gasteiger partial charge < -0.3 is 5.32 Å². The van der Waals surface area contributed by atoms with Gasteiger partial charge in [-0.15, -0.1) is 0 Å². The molecule has 0 radical (unpaired) electrons. The molecular weight excluding hydrogens is 210 g/mol. The quantitative estimate of drug-likeness (QED) is 0.728. The molecule has 1 aliphatic carbocycles. The zero-order valence-electron chi connectivity index (χ0n) is 10.4. The Morgan fingerprint density at radius 1 is 1.13 bits per heavy atom. The van der Waals surface area contributed by atoms with E-state index in [-0.39, 0.29) is 5.75 Å². The second kappa shape index (κ2) is 3.74. The maximum atomic E-state index is 10.9. The molecule has 0 amide bonds. The van der Waals surface area contributed by atoms with Gasteiger partial charge in [-0.1, -0.05) is 27.7 Å². The molecule has 0 aromatic carbocycles. The van der Waals surface area contributed by atoms with Crippen LogP contribution < -0.4 is 5.32 Å². The first-order valence-corrected chi connectivity index (χ1v) is 7.53. The fourth-order valence-electron chi connectivity index (χ4n) is 2.35. The summed E-state index contributed by atoms with van der Waals surface area (Å²) in [6, 6.07) is 0. The minimum atomic E-state index is -2.82. The molecule has 1 aliphatic rings. The van der Waals surface area contributed by atoms with E-state index >= 15 is 0 Å². The Bertz CT molecular complexity index is 316. The summed E-state index contributed by atoms with van der Waals surface area (Å²) in [6.07, 6.45) is 1.28. The smallest absolute Gasteiger partial charge is 0.148 e. The summed E-state index contributed by atoms with van der Waals surface area (Å²) in [6.45, 7) is 10.6. The van der Waals surface area contributed by atoms with Crippen molar-refractivity contribution in [3.63, 3.8) is 0 Å². The lowest BCUT2D eigenvalue weighted by Gasteiger charge is -2.04. The van der Waals surface area contributed by atoms with Gasteiger partial charge in [-0.3, -0.25) is 0 Å². The van der Waals surface area contributed by atoms with Crippen LogP contribution in [0.15, 0.2) is 0 Å². The second-order valence-corrected chi connectivity index (χ2v) is 8.09. The van der Waals surface area contributed by atoms with E-state index < -0.39 is 9.84 Å². The van der Waals surface area contributed by atoms with Gasteiger partial charge >= 0.3 is 0 Å². The lowest BCUT2D eigenvalue weighted by molar-refractivity contribution is 0.457. The van der Waals surface area contributed by atoms with Crippen molar-refractivity contribution >= 4 is 9.84 Å². The maximum Gasteiger partial charge on any atom is 0.148 e. The third-order valence-electron chi connectivity index (χ3n) is 4.32. The molecule has 1 N–H and O–H groups in total. The van der Waals surface area contributed by atoms with Crippen molar-refractivity contribution in [1.29, 1.82) is 0 Å². The highest BCUT2D eigenvalue weighted by atomic mass is 32.2. The predicted octanol–water partition coefficient (Wildman–Crippen LogP) is 1.30. The first-order valence-electron chi connectivity index (χ1n) is 5.47. The van der Waals surface area contributed by atoms with Gasteiger partial charge in [0.25, 0.3) is 0 Å². The van der Waals surface area contributed by atoms with Crippen molar-refractivity contribution in [2.75, 3.05) is 25.1 Å². The largest absolute Gasteiger partial charge is 0.315 e. The topological polar surface area (TPSA) is 46.2 Å². The normalized spacial score (nSPS) is 24.1. The second-order valence-electron chi connectivity index (χ2n) is 5.83. The molecule has 90 valence electrons. The van der Waals surface area contributed by atoms with E-state index in [0.717, 1.165) is 6.54 Å². The van der Waals surface area contributed by atoms with Crippen LogP contribution in [-0.4, -0.2) is 33.5 Å². The Kier molecular flexibility index (Phi) is 3.23. The summed E-state index contributed by atoms with van der Waals surface area (Å²) in [5.74, 6) is 0.894. The van der Waals surface area contributed by atoms with Crippen molar-refractivity contribution in [1.82, 2.24) is 5.32 Å². The summed E-state index contributed by atoms with van der Waals surface area (Å²) in [4.78, 5) is 0. The first-order chi connectivity index (χ1) is 6.59. The number of nitrogens with one attached hydrogen (secondary N) is 1. The number of hydrogen-bond acceptors (Lipinski definition) is 3. The van der Waals surface area contributed by atoms with Gasteiger partial charge in [0.15, 0.2) is 0 Å². The van der Waals surface area contributed by atoms with Crippen LogP contribution in [0.3, 0.4) is 0 Å². The Labute approximate surface area is 93.6 Å². The highest BCUT2D eigenvalue weighted by Gasteiger charge is 2.63. The van der Waals surface area contributed by atoms with Crippen LogP contribution in [0.4, 0.5) is 0 Å². The molecule has 0 aromatic rings. The lowest BCUT2D eigenvalue weighted by atomic mass is 10.0. The van der Waals surface area contributed by atoms with Gasteiger partial charge in [0.2, 0.25) is 0 Å². The summed E-state index contributed by atoms with van der Waals surface area (Å²) in [5.41, 5.74) is 0.760. The Morgan fingerprint density at radius 2 is 1.60 bits per heavy atom. The van der Waals surface area contributed by atoms with Crippen molar-refractivity contribution in [3.8, 4) is 0 Å². The highest BCUT2D eigenvalue weighted by molar-refractivity contribution is 7.90. The molecule has 0 saturated heterocycles. The van der Waals surface area contributed by atoms with E-state index in [2.05, 4.69) is 33.0 Å². The first kappa shape index (κ1) is 13.0. The minimum absolute atomic E-state index is 0.237. The van der Waals surface area contributed by atoms with Crippen LogP contribution in [0.5, 0.6) is 0 Å². The maximum absolute atomic E-state index is 10.9. The number of sulfone groups is 1. The van der Waals surface area contributed by atoms with Gasteiger partial charge in [-0.2, -0.15) is 0 Å². The SMILES string of the molecule is CC1(C)C(CNCCS(C)(=O)=O)C1(C)C. The van der Waals surface area contributed by atoms with Gasteiger partial charge in [0.05, 0.1) is 5.75 Å². The fourth-order valence-corrected chi connectivity index (χ4v) is 2.86. The van der Waals surface area contributed by atoms with Gasteiger partial charge in [-0.25, -0.2) is 8.42 Å². The monoisotopic (exact) mass is 233 g/mol. The molecule has 0 aliphatic heterocycles. The molecule has 0 bridgehead atoms. The van der Waals surface area contributed by atoms with Gasteiger partial charge in [0, 0.05) is 12.8 Å². The van der Waals surface area contributed by atoms with E-state index in [1.54, 1.807) is 0 Å². The Balaban J connectivity index is 2.25. The van der Waals surface area contributed by atoms with Crippen molar-refractivity contribution in [2.45, 2.75) is 27.7 Å². The van der Waals surface area contributed by atoms with E-state index in [0.29, 0.717) is 23.3 Å². The van der Waals surface area contributed by atoms with Crippen LogP contribution in [-0.2, 0) is 9.84 Å². The van der Waals surface area contributed by atoms with Crippen molar-refractivity contribution in [2.24, 2.45) is 16.7 Å². The zero-order valence-corrected chi connectivity index (χ0v) is 11.2. The molecular formula is C11H23NO2S. The molecule has 0 atom stereocenters. The molecule has 15 heavy (non-hydrogen) atoms. The van der Waals surface area contributed by atoms with Crippen LogP contribution >= 0.6 is 0 Å². The number of rotatable bonds is 5. The van der Waals surface area contributed by atoms with Crippen LogP contribution in [0.1, 0.15) is 27.7 Å². The van der Waals surface area contributed by atoms with Crippen molar-refractivity contribution < 1.29 is 8.42 Å². The molecule has 4 heteroatoms. The summed E-state index contributed by atoms with van der Waals surface area (Å²) in [7, 11) is -2.82. The van der Waals surface area contributed by atoms with Gasteiger partial charge in [-0.05, 0) is 23.3 Å². The highest BCUT2D eigenvalue weighted by Crippen LogP contribution is 2.67. The molecule has 1 rings (SSSR count). The van der Waals surface area contributed by atoms with E-state index in [1.807, 2.05) is 0 Å². The fraction of sp³-hybridized carbons (Fsp3) is 1.00. The van der Waals surface area contributed by atoms with E-state index in [1.165, 1.54) is 6.26 Å². The average Bonchev–Trinajstić information content (AvgIpc) is 2.36. The van der Waals surface area contributed by atoms with Crippen LogP contribution in [0.25, 0.3) is 0 Å². The minimum Gasteiger partial charge on any atom is -0.315 e. The van der Waals surface area contributed by atoms with Crippen LogP contribution in [0, 0.1) is 16.7 Å². The summed E-state index contributed by atoms with van der Waals surface area (Å²) < 4.78 is 21.8. The van der Waals surface area contributed by atoms with E-state index in [4.69, 9.17) is 0 Å². The molecule has 1 fully saturated rings. The average molecular weight is 233 g/mol.